The maximum Gasteiger partial charge on any atom is 0.410 e. The number of nitrogens with one attached hydrogen (secondary N) is 4. The van der Waals surface area contributed by atoms with Crippen molar-refractivity contribution in [3.63, 3.8) is 0 Å². The molecule has 2 aliphatic carbocycles. The minimum atomic E-state index is -0.775. The van der Waals surface area contributed by atoms with Gasteiger partial charge in [-0.15, -0.1) is 0 Å². The van der Waals surface area contributed by atoms with Crippen molar-refractivity contribution in [3.8, 4) is 11.1 Å². The largest absolute Gasteiger partial charge is 0.448 e. The number of fused-ring (bicyclic) bond motifs is 3. The summed E-state index contributed by atoms with van der Waals surface area (Å²) in [6, 6.07) is 14.2. The molecule has 2 aromatic carbocycles. The number of urea groups is 1. The van der Waals surface area contributed by atoms with Crippen molar-refractivity contribution < 1.29 is 23.9 Å². The SMILES string of the molecule is CC[C@@H](/C=N/NC(=O)NCC1CCC(C(=O)NC)CC1)NC(=O)[C@@H]1C[C@H](N)CN1C(=O)OCC1c2ccccc2-c2ccccc21. The Bertz CT molecular complexity index is 1390. The monoisotopic (exact) mass is 631 g/mol. The molecule has 6 N–H and O–H groups in total. The van der Waals surface area contributed by atoms with Gasteiger partial charge in [0.1, 0.15) is 12.6 Å². The molecule has 1 heterocycles. The van der Waals surface area contributed by atoms with Gasteiger partial charge in [0.15, 0.2) is 0 Å². The van der Waals surface area contributed by atoms with Crippen LogP contribution in [-0.4, -0.2) is 79.9 Å². The third-order valence-corrected chi connectivity index (χ3v) is 9.41. The predicted molar refractivity (Wildman–Crippen MR) is 175 cm³/mol. The molecule has 2 aromatic rings. The van der Waals surface area contributed by atoms with E-state index < -0.39 is 24.2 Å². The summed E-state index contributed by atoms with van der Waals surface area (Å²) in [6.45, 7) is 2.76. The first kappa shape index (κ1) is 32.9. The lowest BCUT2D eigenvalue weighted by molar-refractivity contribution is -0.126. The Morgan fingerprint density at radius 1 is 1.00 bits per heavy atom. The molecule has 46 heavy (non-hydrogen) atoms. The number of carbonyl (C=O) groups excluding carboxylic acids is 4. The average Bonchev–Trinajstić information content (AvgIpc) is 3.63. The first-order valence-corrected chi connectivity index (χ1v) is 16.2. The topological polar surface area (TPSA) is 167 Å². The van der Waals surface area contributed by atoms with Gasteiger partial charge in [0.05, 0.1) is 6.04 Å². The molecule has 0 spiro atoms. The Kier molecular flexibility index (Phi) is 10.9. The second-order valence-electron chi connectivity index (χ2n) is 12.4. The van der Waals surface area contributed by atoms with E-state index in [1.54, 1.807) is 7.05 Å². The molecule has 3 aliphatic rings. The van der Waals surface area contributed by atoms with Crippen molar-refractivity contribution in [3.05, 3.63) is 59.7 Å². The number of amides is 5. The third-order valence-electron chi connectivity index (χ3n) is 9.41. The van der Waals surface area contributed by atoms with Crippen LogP contribution in [0.3, 0.4) is 0 Å². The molecule has 246 valence electrons. The third kappa shape index (κ3) is 7.67. The van der Waals surface area contributed by atoms with E-state index in [0.717, 1.165) is 47.9 Å². The minimum Gasteiger partial charge on any atom is -0.448 e. The fraction of sp³-hybridized carbons (Fsp3) is 0.500. The zero-order valence-electron chi connectivity index (χ0n) is 26.5. The van der Waals surface area contributed by atoms with Crippen molar-refractivity contribution >= 4 is 30.2 Å². The van der Waals surface area contributed by atoms with Gasteiger partial charge in [-0.2, -0.15) is 5.10 Å². The van der Waals surface area contributed by atoms with Crippen molar-refractivity contribution in [1.82, 2.24) is 26.3 Å². The number of nitrogens with two attached hydrogens (primary N) is 1. The summed E-state index contributed by atoms with van der Waals surface area (Å²) in [5.41, 5.74) is 13.2. The fourth-order valence-electron chi connectivity index (χ4n) is 6.81. The highest BCUT2D eigenvalue weighted by atomic mass is 16.6. The molecule has 0 bridgehead atoms. The number of benzene rings is 2. The van der Waals surface area contributed by atoms with Crippen molar-refractivity contribution in [2.75, 3.05) is 26.7 Å². The van der Waals surface area contributed by atoms with E-state index in [9.17, 15) is 19.2 Å². The van der Waals surface area contributed by atoms with Crippen LogP contribution < -0.4 is 27.1 Å². The van der Waals surface area contributed by atoms with E-state index >= 15 is 0 Å². The highest BCUT2D eigenvalue weighted by Gasteiger charge is 2.40. The number of likely N-dealkylation sites (tertiary alicyclic amines) is 1. The number of hydrogen-bond donors (Lipinski definition) is 5. The second kappa shape index (κ2) is 15.2. The zero-order chi connectivity index (χ0) is 32.6. The Labute approximate surface area is 269 Å². The highest BCUT2D eigenvalue weighted by molar-refractivity contribution is 5.89. The van der Waals surface area contributed by atoms with Gasteiger partial charge in [-0.25, -0.2) is 15.0 Å². The molecule has 0 radical (unpaired) electrons. The van der Waals surface area contributed by atoms with E-state index in [4.69, 9.17) is 10.5 Å². The summed E-state index contributed by atoms with van der Waals surface area (Å²) >= 11 is 0. The van der Waals surface area contributed by atoms with E-state index in [0.29, 0.717) is 25.3 Å². The smallest absolute Gasteiger partial charge is 0.410 e. The van der Waals surface area contributed by atoms with Gasteiger partial charge in [0, 0.05) is 44.2 Å². The second-order valence-corrected chi connectivity index (χ2v) is 12.4. The lowest BCUT2D eigenvalue weighted by Crippen LogP contribution is -2.49. The molecule has 12 nitrogen and oxygen atoms in total. The fourth-order valence-corrected chi connectivity index (χ4v) is 6.81. The highest BCUT2D eigenvalue weighted by Crippen LogP contribution is 2.44. The summed E-state index contributed by atoms with van der Waals surface area (Å²) in [6.07, 6.45) is 5.12. The number of rotatable bonds is 10. The zero-order valence-corrected chi connectivity index (χ0v) is 26.5. The van der Waals surface area contributed by atoms with Crippen LogP contribution in [0, 0.1) is 11.8 Å². The maximum atomic E-state index is 13.3. The molecule has 0 unspecified atom stereocenters. The maximum absolute atomic E-state index is 13.3. The molecular weight excluding hydrogens is 586 g/mol. The molecule has 5 amide bonds. The van der Waals surface area contributed by atoms with Gasteiger partial charge in [-0.1, -0.05) is 55.5 Å². The first-order chi connectivity index (χ1) is 22.3. The van der Waals surface area contributed by atoms with E-state index in [1.165, 1.54) is 11.1 Å². The molecular formula is C34H45N7O5. The number of carbonyl (C=O) groups is 4. The Morgan fingerprint density at radius 2 is 1.65 bits per heavy atom. The normalized spacial score (nSPS) is 22.9. The Hall–Kier alpha value is -4.45. The van der Waals surface area contributed by atoms with E-state index in [2.05, 4.69) is 50.7 Å². The standard InChI is InChI=1S/C34H45N7O5/c1-3-24(18-38-40-33(44)37-17-21-12-14-22(15-13-21)31(42)36-2)39-32(43)30-16-23(35)19-41(30)34(45)46-20-29-27-10-6-4-8-25(27)26-9-5-7-11-28(26)29/h4-11,18,21-24,29-30H,3,12-17,19-20,35H2,1-2H3,(H,36,42)(H,39,43)(H2,37,40,44)/b38-18+/t21?,22?,23-,24-,30-/m0/s1. The quantitative estimate of drug-likeness (QED) is 0.200. The Balaban J connectivity index is 1.09. The molecule has 12 heteroatoms. The number of hydrazone groups is 1. The lowest BCUT2D eigenvalue weighted by Gasteiger charge is -2.27. The van der Waals surface area contributed by atoms with Crippen molar-refractivity contribution in [2.24, 2.45) is 22.7 Å². The van der Waals surface area contributed by atoms with Gasteiger partial charge >= 0.3 is 12.1 Å². The molecule has 1 aliphatic heterocycles. The molecule has 1 saturated heterocycles. The van der Waals surface area contributed by atoms with Gasteiger partial charge < -0.3 is 26.4 Å². The molecule has 5 rings (SSSR count). The van der Waals surface area contributed by atoms with E-state index in [-0.39, 0.29) is 42.8 Å². The van der Waals surface area contributed by atoms with Gasteiger partial charge in [0.25, 0.3) is 0 Å². The van der Waals surface area contributed by atoms with Gasteiger partial charge in [-0.3, -0.25) is 14.5 Å². The number of ether oxygens (including phenoxy) is 1. The first-order valence-electron chi connectivity index (χ1n) is 16.2. The summed E-state index contributed by atoms with van der Waals surface area (Å²) < 4.78 is 5.82. The van der Waals surface area contributed by atoms with Crippen molar-refractivity contribution in [2.45, 2.75) is 69.5 Å². The van der Waals surface area contributed by atoms with Crippen LogP contribution >= 0.6 is 0 Å². The summed E-state index contributed by atoms with van der Waals surface area (Å²) in [7, 11) is 1.65. The molecule has 3 atom stereocenters. The summed E-state index contributed by atoms with van der Waals surface area (Å²) in [5, 5.41) is 12.5. The van der Waals surface area contributed by atoms with Crippen LogP contribution in [0.25, 0.3) is 11.1 Å². The van der Waals surface area contributed by atoms with Crippen LogP contribution in [0.2, 0.25) is 0 Å². The number of nitrogens with zero attached hydrogens (tertiary/aromatic N) is 2. The number of hydrogen-bond acceptors (Lipinski definition) is 7. The van der Waals surface area contributed by atoms with Crippen LogP contribution in [0.5, 0.6) is 0 Å². The van der Waals surface area contributed by atoms with Crippen molar-refractivity contribution in [1.29, 1.82) is 0 Å². The average molecular weight is 632 g/mol. The minimum absolute atomic E-state index is 0.0480. The van der Waals surface area contributed by atoms with Gasteiger partial charge in [-0.05, 0) is 66.7 Å². The van der Waals surface area contributed by atoms with Crippen LogP contribution in [-0.2, 0) is 14.3 Å². The molecule has 1 saturated carbocycles. The van der Waals surface area contributed by atoms with Crippen LogP contribution in [0.15, 0.2) is 53.6 Å². The molecule has 0 aromatic heterocycles. The van der Waals surface area contributed by atoms with Crippen LogP contribution in [0.4, 0.5) is 9.59 Å². The Morgan fingerprint density at radius 3 is 2.28 bits per heavy atom. The summed E-state index contributed by atoms with van der Waals surface area (Å²) in [5.74, 6) is 0.00465. The van der Waals surface area contributed by atoms with E-state index in [1.807, 2.05) is 31.2 Å². The van der Waals surface area contributed by atoms with Gasteiger partial charge in [0.2, 0.25) is 11.8 Å². The molecule has 2 fully saturated rings. The predicted octanol–water partition coefficient (Wildman–Crippen LogP) is 3.07. The summed E-state index contributed by atoms with van der Waals surface area (Å²) in [4.78, 5) is 52.1. The van der Waals surface area contributed by atoms with Crippen LogP contribution in [0.1, 0.15) is 62.5 Å². The lowest BCUT2D eigenvalue weighted by atomic mass is 9.81.